The maximum atomic E-state index is 12.6. The van der Waals surface area contributed by atoms with E-state index in [1.807, 2.05) is 0 Å². The third-order valence-corrected chi connectivity index (χ3v) is 1.88. The topological polar surface area (TPSA) is 24.9 Å². The molecule has 3 heteroatoms. The van der Waals surface area contributed by atoms with Crippen molar-refractivity contribution in [1.29, 1.82) is 0 Å². The molecule has 2 heterocycles. The van der Waals surface area contributed by atoms with Gasteiger partial charge in [-0.3, -0.25) is 4.98 Å². The molecule has 0 saturated carbocycles. The smallest absolute Gasteiger partial charge is 0.141 e. The zero-order valence-electron chi connectivity index (χ0n) is 6.10. The van der Waals surface area contributed by atoms with Gasteiger partial charge in [-0.05, 0) is 11.6 Å². The van der Waals surface area contributed by atoms with Crippen LogP contribution in [0, 0.1) is 5.82 Å². The van der Waals surface area contributed by atoms with Crippen molar-refractivity contribution in [3.8, 4) is 0 Å². The number of halogens is 1. The van der Waals surface area contributed by atoms with E-state index >= 15 is 0 Å². The van der Waals surface area contributed by atoms with Crippen LogP contribution in [0.4, 0.5) is 4.39 Å². The molecule has 0 bridgehead atoms. The molecule has 0 unspecified atom stereocenters. The summed E-state index contributed by atoms with van der Waals surface area (Å²) >= 11 is 0. The van der Waals surface area contributed by atoms with Gasteiger partial charge in [-0.1, -0.05) is 0 Å². The Hall–Kier alpha value is -0.960. The largest absolute Gasteiger partial charge is 0.312 e. The van der Waals surface area contributed by atoms with E-state index in [0.29, 0.717) is 0 Å². The maximum Gasteiger partial charge on any atom is 0.141 e. The standard InChI is InChI=1S/C8H9FN2/c9-7-3-6-4-10-2-1-8(6)11-5-7/h3,5,10H,1-2,4H2. The summed E-state index contributed by atoms with van der Waals surface area (Å²) in [5.41, 5.74) is 2.03. The van der Waals surface area contributed by atoms with Crippen LogP contribution in [-0.4, -0.2) is 11.5 Å². The third kappa shape index (κ3) is 1.24. The Morgan fingerprint density at radius 3 is 3.36 bits per heavy atom. The minimum absolute atomic E-state index is 0.243. The van der Waals surface area contributed by atoms with Gasteiger partial charge in [0.25, 0.3) is 0 Å². The summed E-state index contributed by atoms with van der Waals surface area (Å²) in [6.45, 7) is 1.70. The summed E-state index contributed by atoms with van der Waals surface area (Å²) in [5, 5.41) is 3.16. The number of rotatable bonds is 0. The quantitative estimate of drug-likeness (QED) is 0.596. The van der Waals surface area contributed by atoms with Gasteiger partial charge in [-0.15, -0.1) is 0 Å². The summed E-state index contributed by atoms with van der Waals surface area (Å²) < 4.78 is 12.6. The number of pyridine rings is 1. The Morgan fingerprint density at radius 2 is 2.45 bits per heavy atom. The van der Waals surface area contributed by atoms with E-state index in [1.165, 1.54) is 6.20 Å². The monoisotopic (exact) mass is 152 g/mol. The molecule has 0 saturated heterocycles. The van der Waals surface area contributed by atoms with E-state index in [1.54, 1.807) is 6.07 Å². The maximum absolute atomic E-state index is 12.6. The van der Waals surface area contributed by atoms with Crippen LogP contribution < -0.4 is 5.32 Å². The first kappa shape index (κ1) is 6.73. The number of fused-ring (bicyclic) bond motifs is 1. The minimum atomic E-state index is -0.243. The molecule has 1 aliphatic heterocycles. The third-order valence-electron chi connectivity index (χ3n) is 1.88. The Morgan fingerprint density at radius 1 is 1.55 bits per heavy atom. The van der Waals surface area contributed by atoms with Gasteiger partial charge in [-0.2, -0.15) is 0 Å². The predicted molar refractivity (Wildman–Crippen MR) is 39.6 cm³/mol. The van der Waals surface area contributed by atoms with Crippen molar-refractivity contribution in [3.63, 3.8) is 0 Å². The molecule has 0 fully saturated rings. The van der Waals surface area contributed by atoms with Gasteiger partial charge in [-0.25, -0.2) is 4.39 Å². The number of nitrogens with zero attached hydrogens (tertiary/aromatic N) is 1. The highest BCUT2D eigenvalue weighted by Crippen LogP contribution is 2.11. The predicted octanol–water partition coefficient (Wildman–Crippen LogP) is 0.866. The number of hydrogen-bond acceptors (Lipinski definition) is 2. The number of nitrogens with one attached hydrogen (secondary N) is 1. The van der Waals surface area contributed by atoms with Crippen molar-refractivity contribution in [1.82, 2.24) is 10.3 Å². The fraction of sp³-hybridized carbons (Fsp3) is 0.375. The van der Waals surface area contributed by atoms with Crippen LogP contribution in [0.3, 0.4) is 0 Å². The van der Waals surface area contributed by atoms with E-state index in [0.717, 1.165) is 30.8 Å². The molecular formula is C8H9FN2. The van der Waals surface area contributed by atoms with Crippen molar-refractivity contribution in [2.24, 2.45) is 0 Å². The van der Waals surface area contributed by atoms with Gasteiger partial charge in [0.05, 0.1) is 6.20 Å². The molecule has 0 amide bonds. The molecule has 2 rings (SSSR count). The zero-order valence-corrected chi connectivity index (χ0v) is 6.10. The fourth-order valence-electron chi connectivity index (χ4n) is 1.32. The van der Waals surface area contributed by atoms with E-state index in [9.17, 15) is 4.39 Å². The summed E-state index contributed by atoms with van der Waals surface area (Å²) in [6.07, 6.45) is 2.19. The summed E-state index contributed by atoms with van der Waals surface area (Å²) in [4.78, 5) is 4.00. The van der Waals surface area contributed by atoms with Crippen molar-refractivity contribution in [2.45, 2.75) is 13.0 Å². The fourth-order valence-corrected chi connectivity index (χ4v) is 1.32. The molecule has 0 radical (unpaired) electrons. The average Bonchev–Trinajstić information content (AvgIpc) is 2.04. The van der Waals surface area contributed by atoms with E-state index in [2.05, 4.69) is 10.3 Å². The Kier molecular flexibility index (Phi) is 1.58. The molecule has 58 valence electrons. The molecule has 0 spiro atoms. The molecule has 2 nitrogen and oxygen atoms in total. The zero-order chi connectivity index (χ0) is 7.68. The van der Waals surface area contributed by atoms with Crippen LogP contribution in [0.2, 0.25) is 0 Å². The molecule has 1 N–H and O–H groups in total. The first-order chi connectivity index (χ1) is 5.36. The summed E-state index contributed by atoms with van der Waals surface area (Å²) in [6, 6.07) is 1.55. The van der Waals surface area contributed by atoms with Gasteiger partial charge in [0.2, 0.25) is 0 Å². The molecule has 1 aromatic heterocycles. The van der Waals surface area contributed by atoms with Crippen LogP contribution in [0.15, 0.2) is 12.3 Å². The van der Waals surface area contributed by atoms with E-state index in [-0.39, 0.29) is 5.82 Å². The Balaban J connectivity index is 2.43. The molecule has 11 heavy (non-hydrogen) atoms. The molecular weight excluding hydrogens is 143 g/mol. The van der Waals surface area contributed by atoms with Crippen molar-refractivity contribution in [3.05, 3.63) is 29.3 Å². The molecule has 1 aromatic rings. The summed E-state index contributed by atoms with van der Waals surface area (Å²) in [5.74, 6) is -0.243. The lowest BCUT2D eigenvalue weighted by atomic mass is 10.1. The highest BCUT2D eigenvalue weighted by molar-refractivity contribution is 5.22. The molecule has 0 aliphatic carbocycles. The lowest BCUT2D eigenvalue weighted by Gasteiger charge is -2.14. The van der Waals surface area contributed by atoms with Gasteiger partial charge < -0.3 is 5.32 Å². The number of hydrogen-bond donors (Lipinski definition) is 1. The van der Waals surface area contributed by atoms with Crippen molar-refractivity contribution < 1.29 is 4.39 Å². The van der Waals surface area contributed by atoms with Crippen molar-refractivity contribution in [2.75, 3.05) is 6.54 Å². The molecule has 1 aliphatic rings. The van der Waals surface area contributed by atoms with Gasteiger partial charge in [0.15, 0.2) is 0 Å². The molecule has 0 atom stereocenters. The lowest BCUT2D eigenvalue weighted by molar-refractivity contribution is 0.588. The van der Waals surface area contributed by atoms with E-state index in [4.69, 9.17) is 0 Å². The first-order valence-electron chi connectivity index (χ1n) is 3.70. The lowest BCUT2D eigenvalue weighted by Crippen LogP contribution is -2.24. The van der Waals surface area contributed by atoms with Crippen molar-refractivity contribution >= 4 is 0 Å². The Labute approximate surface area is 64.5 Å². The first-order valence-corrected chi connectivity index (χ1v) is 3.70. The van der Waals surface area contributed by atoms with Crippen LogP contribution in [0.5, 0.6) is 0 Å². The second-order valence-corrected chi connectivity index (χ2v) is 2.69. The van der Waals surface area contributed by atoms with Crippen LogP contribution in [0.1, 0.15) is 11.3 Å². The average molecular weight is 152 g/mol. The normalized spacial score (nSPS) is 16.1. The molecule has 0 aromatic carbocycles. The van der Waals surface area contributed by atoms with E-state index < -0.39 is 0 Å². The van der Waals surface area contributed by atoms with Gasteiger partial charge in [0, 0.05) is 25.2 Å². The van der Waals surface area contributed by atoms with Crippen LogP contribution >= 0.6 is 0 Å². The van der Waals surface area contributed by atoms with Gasteiger partial charge in [0.1, 0.15) is 5.82 Å². The minimum Gasteiger partial charge on any atom is -0.312 e. The second kappa shape index (κ2) is 2.58. The van der Waals surface area contributed by atoms with Crippen LogP contribution in [0.25, 0.3) is 0 Å². The summed E-state index contributed by atoms with van der Waals surface area (Å²) in [7, 11) is 0. The van der Waals surface area contributed by atoms with Gasteiger partial charge >= 0.3 is 0 Å². The highest BCUT2D eigenvalue weighted by Gasteiger charge is 2.09. The highest BCUT2D eigenvalue weighted by atomic mass is 19.1. The second-order valence-electron chi connectivity index (χ2n) is 2.69. The number of aromatic nitrogens is 1. The van der Waals surface area contributed by atoms with Crippen LogP contribution in [-0.2, 0) is 13.0 Å². The Bertz CT molecular complexity index is 273. The SMILES string of the molecule is Fc1cnc2c(c1)CNCC2.